The molecule has 1 aromatic rings. The van der Waals surface area contributed by atoms with E-state index >= 15 is 0 Å². The molecule has 2 nitrogen and oxygen atoms in total. The van der Waals surface area contributed by atoms with Gasteiger partial charge in [0.2, 0.25) is 0 Å². The molecular weight excluding hydrogens is 239 g/mol. The van der Waals surface area contributed by atoms with Crippen molar-refractivity contribution in [3.8, 4) is 0 Å². The highest BCUT2D eigenvalue weighted by molar-refractivity contribution is 5.91. The lowest BCUT2D eigenvalue weighted by Crippen LogP contribution is -2.19. The summed E-state index contributed by atoms with van der Waals surface area (Å²) < 4.78 is 12.8. The van der Waals surface area contributed by atoms with Crippen LogP contribution < -0.4 is 0 Å². The largest absolute Gasteiger partial charge is 0.310 e. The van der Waals surface area contributed by atoms with E-state index in [1.807, 2.05) is 0 Å². The average molecular weight is 261 g/mol. The van der Waals surface area contributed by atoms with Crippen LogP contribution in [0.1, 0.15) is 45.1 Å². The molecule has 19 heavy (non-hydrogen) atoms. The third-order valence-corrected chi connectivity index (χ3v) is 3.26. The summed E-state index contributed by atoms with van der Waals surface area (Å²) >= 11 is 0. The van der Waals surface area contributed by atoms with Crippen LogP contribution in [0.4, 0.5) is 4.39 Å². The Hall–Kier alpha value is -1.51. The van der Waals surface area contributed by atoms with Crippen LogP contribution in [0.2, 0.25) is 0 Å². The summed E-state index contributed by atoms with van der Waals surface area (Å²) in [5, 5.41) is 16.0. The van der Waals surface area contributed by atoms with Crippen molar-refractivity contribution in [1.29, 1.82) is 10.8 Å². The third kappa shape index (κ3) is 5.33. The van der Waals surface area contributed by atoms with Gasteiger partial charge in [-0.3, -0.25) is 0 Å². The molecule has 1 rings (SSSR count). The predicted octanol–water partition coefficient (Wildman–Crippen LogP) is 4.42. The van der Waals surface area contributed by atoms with Crippen LogP contribution in [-0.2, 0) is 6.42 Å². The molecule has 0 aliphatic carbocycles. The predicted molar refractivity (Wildman–Crippen MR) is 77.7 cm³/mol. The highest BCUT2D eigenvalue weighted by Gasteiger charge is 2.15. The van der Waals surface area contributed by atoms with Crippen LogP contribution in [0.3, 0.4) is 0 Å². The van der Waals surface area contributed by atoms with Crippen LogP contribution in [-0.4, -0.2) is 11.4 Å². The normalized spacial score (nSPS) is 12.2. The first-order valence-electron chi connectivity index (χ1n) is 6.86. The summed E-state index contributed by atoms with van der Waals surface area (Å²) in [6.45, 7) is 4.12. The van der Waals surface area contributed by atoms with E-state index in [1.165, 1.54) is 6.07 Å². The maximum Gasteiger partial charge on any atom is 0.131 e. The zero-order chi connectivity index (χ0) is 14.3. The van der Waals surface area contributed by atoms with E-state index in [1.54, 1.807) is 12.1 Å². The molecule has 0 unspecified atom stereocenters. The first-order chi connectivity index (χ1) is 9.06. The lowest BCUT2D eigenvalue weighted by atomic mass is 9.89. The first-order valence-corrected chi connectivity index (χ1v) is 6.86. The van der Waals surface area contributed by atoms with Gasteiger partial charge in [0, 0.05) is 29.8 Å². The van der Waals surface area contributed by atoms with E-state index in [4.69, 9.17) is 10.8 Å². The van der Waals surface area contributed by atoms with Gasteiger partial charge in [-0.15, -0.1) is 0 Å². The van der Waals surface area contributed by atoms with Gasteiger partial charge in [-0.25, -0.2) is 4.39 Å². The number of halogens is 1. The fourth-order valence-electron chi connectivity index (χ4n) is 2.13. The lowest BCUT2D eigenvalue weighted by molar-refractivity contribution is 0.624. The van der Waals surface area contributed by atoms with E-state index in [-0.39, 0.29) is 11.7 Å². The zero-order valence-corrected chi connectivity index (χ0v) is 11.7. The summed E-state index contributed by atoms with van der Waals surface area (Å²) in [6.07, 6.45) is 3.86. The highest BCUT2D eigenvalue weighted by Crippen LogP contribution is 2.16. The molecule has 0 heterocycles. The van der Waals surface area contributed by atoms with Gasteiger partial charge in [-0.2, -0.15) is 0 Å². The molecule has 1 aromatic carbocycles. The maximum atomic E-state index is 12.8. The Morgan fingerprint density at radius 3 is 2.58 bits per heavy atom. The Labute approximate surface area is 115 Å². The van der Waals surface area contributed by atoms with Gasteiger partial charge in [0.05, 0.1) is 0 Å². The Kier molecular flexibility index (Phi) is 6.40. The fourth-order valence-corrected chi connectivity index (χ4v) is 2.13. The Morgan fingerprint density at radius 2 is 2.05 bits per heavy atom. The maximum absolute atomic E-state index is 12.8. The molecule has 0 aliphatic heterocycles. The highest BCUT2D eigenvalue weighted by atomic mass is 19.1. The zero-order valence-electron chi connectivity index (χ0n) is 11.7. The van der Waals surface area contributed by atoms with Gasteiger partial charge in [0.25, 0.3) is 0 Å². The molecule has 3 heteroatoms. The van der Waals surface area contributed by atoms with Crippen LogP contribution in [0.25, 0.3) is 0 Å². The van der Waals surface area contributed by atoms with Crippen LogP contribution in [0.15, 0.2) is 18.2 Å². The van der Waals surface area contributed by atoms with Gasteiger partial charge in [0.1, 0.15) is 5.82 Å². The number of benzene rings is 1. The second-order valence-electron chi connectivity index (χ2n) is 4.91. The Balaban J connectivity index is 2.58. The number of rotatable bonds is 8. The minimum atomic E-state index is -0.368. The second kappa shape index (κ2) is 7.82. The summed E-state index contributed by atoms with van der Waals surface area (Å²) in [5.41, 5.74) is 2.26. The van der Waals surface area contributed by atoms with Crippen molar-refractivity contribution in [1.82, 2.24) is 0 Å². The quantitative estimate of drug-likeness (QED) is 0.651. The van der Waals surface area contributed by atoms with Crippen LogP contribution >= 0.6 is 0 Å². The summed E-state index contributed by atoms with van der Waals surface area (Å²) in [6, 6.07) is 7.20. The molecule has 0 bridgehead atoms. The van der Waals surface area contributed by atoms with Crippen molar-refractivity contribution in [2.24, 2.45) is 5.92 Å². The second-order valence-corrected chi connectivity index (χ2v) is 4.91. The minimum Gasteiger partial charge on any atom is -0.310 e. The molecule has 103 valence electrons. The van der Waals surface area contributed by atoms with Gasteiger partial charge in [0.15, 0.2) is 0 Å². The lowest BCUT2D eigenvalue weighted by Gasteiger charge is -2.17. The van der Waals surface area contributed by atoms with Crippen molar-refractivity contribution in [3.63, 3.8) is 0 Å². The standard InChI is InChI=1S/C16H22FN2/c1-3-5-15(18)11-13(4-2)16(19)10-12-6-8-14(17)9-7-12/h6-8,13,18-19H,3-5,10-11H2,1-2H3/t13-/m0/s1. The molecule has 0 aromatic heterocycles. The van der Waals surface area contributed by atoms with Crippen LogP contribution in [0.5, 0.6) is 0 Å². The van der Waals surface area contributed by atoms with Crippen molar-refractivity contribution in [2.75, 3.05) is 0 Å². The first kappa shape index (κ1) is 15.5. The monoisotopic (exact) mass is 261 g/mol. The molecule has 0 amide bonds. The minimum absolute atomic E-state index is 0.129. The molecule has 0 aliphatic rings. The van der Waals surface area contributed by atoms with E-state index in [2.05, 4.69) is 19.9 Å². The van der Waals surface area contributed by atoms with E-state index < -0.39 is 0 Å². The van der Waals surface area contributed by atoms with E-state index in [0.29, 0.717) is 18.6 Å². The molecular formula is C16H22FN2. The third-order valence-electron chi connectivity index (χ3n) is 3.26. The molecule has 0 saturated carbocycles. The molecule has 0 saturated heterocycles. The fraction of sp³-hybridized carbons (Fsp3) is 0.500. The Bertz CT molecular complexity index is 423. The summed E-state index contributed by atoms with van der Waals surface area (Å²) in [5.74, 6) is -0.240. The molecule has 2 N–H and O–H groups in total. The molecule has 0 spiro atoms. The van der Waals surface area contributed by atoms with Gasteiger partial charge in [-0.05, 0) is 37.0 Å². The summed E-state index contributed by atoms with van der Waals surface area (Å²) in [7, 11) is 0. The topological polar surface area (TPSA) is 47.7 Å². The van der Waals surface area contributed by atoms with Crippen molar-refractivity contribution < 1.29 is 4.39 Å². The van der Waals surface area contributed by atoms with E-state index in [9.17, 15) is 4.39 Å². The number of hydrogen-bond acceptors (Lipinski definition) is 2. The molecule has 1 radical (unpaired) electrons. The van der Waals surface area contributed by atoms with Crippen LogP contribution in [0, 0.1) is 28.6 Å². The Morgan fingerprint density at radius 1 is 1.32 bits per heavy atom. The van der Waals surface area contributed by atoms with Crippen molar-refractivity contribution in [3.05, 3.63) is 35.6 Å². The number of nitrogens with one attached hydrogen (secondary N) is 2. The smallest absolute Gasteiger partial charge is 0.131 e. The van der Waals surface area contributed by atoms with E-state index in [0.717, 1.165) is 30.5 Å². The van der Waals surface area contributed by atoms with Gasteiger partial charge in [-0.1, -0.05) is 26.3 Å². The van der Waals surface area contributed by atoms with Crippen molar-refractivity contribution >= 4 is 11.4 Å². The van der Waals surface area contributed by atoms with Gasteiger partial charge >= 0.3 is 0 Å². The van der Waals surface area contributed by atoms with Gasteiger partial charge < -0.3 is 10.8 Å². The SMILES string of the molecule is CCCC(=N)C[C@H](CC)C(=N)Cc1c[c]c(F)cc1. The summed E-state index contributed by atoms with van der Waals surface area (Å²) in [4.78, 5) is 0. The average Bonchev–Trinajstić information content (AvgIpc) is 2.39. The molecule has 0 fully saturated rings. The number of hydrogen-bond donors (Lipinski definition) is 2. The van der Waals surface area contributed by atoms with Crippen molar-refractivity contribution in [2.45, 2.75) is 46.0 Å². The molecule has 1 atom stereocenters.